The number of carbonyl (C=O) groups excluding carboxylic acids is 2. The summed E-state index contributed by atoms with van der Waals surface area (Å²) in [6, 6.07) is 14.6. The molecule has 0 spiro atoms. The SMILES string of the molecule is CCc1ccc(NC(=O)C(=O)NCc2ccccc2CO)cc1. The average molecular weight is 312 g/mol. The van der Waals surface area contributed by atoms with E-state index >= 15 is 0 Å². The fourth-order valence-electron chi connectivity index (χ4n) is 2.15. The number of amides is 2. The van der Waals surface area contributed by atoms with Gasteiger partial charge in [-0.05, 0) is 35.2 Å². The highest BCUT2D eigenvalue weighted by Gasteiger charge is 2.13. The molecule has 0 aliphatic heterocycles. The molecule has 120 valence electrons. The molecule has 2 aromatic rings. The Labute approximate surface area is 135 Å². The summed E-state index contributed by atoms with van der Waals surface area (Å²) >= 11 is 0. The Kier molecular flexibility index (Phi) is 5.88. The molecule has 0 saturated carbocycles. The number of nitrogens with one attached hydrogen (secondary N) is 2. The molecule has 5 nitrogen and oxygen atoms in total. The third-order valence-electron chi connectivity index (χ3n) is 3.55. The molecule has 2 rings (SSSR count). The monoisotopic (exact) mass is 312 g/mol. The van der Waals surface area contributed by atoms with Gasteiger partial charge in [0.25, 0.3) is 0 Å². The predicted octanol–water partition coefficient (Wildman–Crippen LogP) is 2.00. The number of anilines is 1. The smallest absolute Gasteiger partial charge is 0.313 e. The maximum atomic E-state index is 11.9. The van der Waals surface area contributed by atoms with E-state index in [0.29, 0.717) is 5.69 Å². The Balaban J connectivity index is 1.90. The Bertz CT molecular complexity index is 681. The molecular weight excluding hydrogens is 292 g/mol. The molecular formula is C18H20N2O3. The van der Waals surface area contributed by atoms with Crippen LogP contribution < -0.4 is 10.6 Å². The van der Waals surface area contributed by atoms with Gasteiger partial charge in [0.2, 0.25) is 0 Å². The molecule has 2 amide bonds. The van der Waals surface area contributed by atoms with Crippen LogP contribution in [0.3, 0.4) is 0 Å². The third kappa shape index (κ3) is 4.66. The first-order valence-corrected chi connectivity index (χ1v) is 7.49. The summed E-state index contributed by atoms with van der Waals surface area (Å²) in [6.45, 7) is 2.13. The molecule has 0 aromatic heterocycles. The molecule has 0 saturated heterocycles. The number of aliphatic hydroxyl groups is 1. The predicted molar refractivity (Wildman–Crippen MR) is 88.7 cm³/mol. The Morgan fingerprint density at radius 1 is 0.957 bits per heavy atom. The summed E-state index contributed by atoms with van der Waals surface area (Å²) in [7, 11) is 0. The average Bonchev–Trinajstić information content (AvgIpc) is 2.60. The van der Waals surface area contributed by atoms with Gasteiger partial charge in [-0.3, -0.25) is 9.59 Å². The van der Waals surface area contributed by atoms with Crippen LogP contribution in [-0.4, -0.2) is 16.9 Å². The van der Waals surface area contributed by atoms with E-state index in [1.54, 1.807) is 24.3 Å². The molecule has 0 unspecified atom stereocenters. The van der Waals surface area contributed by atoms with Crippen molar-refractivity contribution in [3.63, 3.8) is 0 Å². The van der Waals surface area contributed by atoms with E-state index in [1.165, 1.54) is 0 Å². The number of carbonyl (C=O) groups is 2. The topological polar surface area (TPSA) is 78.4 Å². The normalized spacial score (nSPS) is 10.2. The van der Waals surface area contributed by atoms with Crippen molar-refractivity contribution >= 4 is 17.5 Å². The van der Waals surface area contributed by atoms with E-state index in [2.05, 4.69) is 10.6 Å². The van der Waals surface area contributed by atoms with Crippen molar-refractivity contribution in [3.05, 3.63) is 65.2 Å². The lowest BCUT2D eigenvalue weighted by molar-refractivity contribution is -0.136. The van der Waals surface area contributed by atoms with Gasteiger partial charge in [-0.2, -0.15) is 0 Å². The van der Waals surface area contributed by atoms with Crippen LogP contribution in [0.15, 0.2) is 48.5 Å². The molecule has 0 aliphatic rings. The molecule has 2 aromatic carbocycles. The zero-order valence-corrected chi connectivity index (χ0v) is 13.0. The lowest BCUT2D eigenvalue weighted by Crippen LogP contribution is -2.35. The van der Waals surface area contributed by atoms with Gasteiger partial charge < -0.3 is 15.7 Å². The Hall–Kier alpha value is -2.66. The molecule has 3 N–H and O–H groups in total. The van der Waals surface area contributed by atoms with Gasteiger partial charge in [0.1, 0.15) is 0 Å². The fraction of sp³-hybridized carbons (Fsp3) is 0.222. The van der Waals surface area contributed by atoms with Crippen molar-refractivity contribution in [2.75, 3.05) is 5.32 Å². The van der Waals surface area contributed by atoms with Crippen LogP contribution in [0, 0.1) is 0 Å². The molecule has 0 heterocycles. The summed E-state index contributed by atoms with van der Waals surface area (Å²) in [5, 5.41) is 14.4. The van der Waals surface area contributed by atoms with Gasteiger partial charge in [0.05, 0.1) is 6.61 Å². The maximum Gasteiger partial charge on any atom is 0.313 e. The van der Waals surface area contributed by atoms with Crippen LogP contribution in [0.25, 0.3) is 0 Å². The van der Waals surface area contributed by atoms with E-state index < -0.39 is 11.8 Å². The van der Waals surface area contributed by atoms with Crippen molar-refractivity contribution in [2.24, 2.45) is 0 Å². The van der Waals surface area contributed by atoms with Crippen LogP contribution in [0.2, 0.25) is 0 Å². The van der Waals surface area contributed by atoms with Crippen LogP contribution >= 0.6 is 0 Å². The van der Waals surface area contributed by atoms with Gasteiger partial charge >= 0.3 is 11.8 Å². The molecule has 0 bridgehead atoms. The van der Waals surface area contributed by atoms with Crippen molar-refractivity contribution in [1.29, 1.82) is 0 Å². The number of benzene rings is 2. The number of rotatable bonds is 5. The molecule has 0 radical (unpaired) electrons. The van der Waals surface area contributed by atoms with E-state index in [0.717, 1.165) is 23.1 Å². The van der Waals surface area contributed by atoms with Crippen molar-refractivity contribution in [3.8, 4) is 0 Å². The molecule has 0 atom stereocenters. The largest absolute Gasteiger partial charge is 0.392 e. The maximum absolute atomic E-state index is 11.9. The third-order valence-corrected chi connectivity index (χ3v) is 3.55. The quantitative estimate of drug-likeness (QED) is 0.739. The lowest BCUT2D eigenvalue weighted by Gasteiger charge is -2.09. The molecule has 5 heteroatoms. The summed E-state index contributed by atoms with van der Waals surface area (Å²) < 4.78 is 0. The zero-order chi connectivity index (χ0) is 16.7. The van der Waals surface area contributed by atoms with E-state index in [-0.39, 0.29) is 13.2 Å². The molecule has 0 fully saturated rings. The Morgan fingerprint density at radius 2 is 1.61 bits per heavy atom. The number of hydrogen-bond donors (Lipinski definition) is 3. The minimum Gasteiger partial charge on any atom is -0.392 e. The second-order valence-electron chi connectivity index (χ2n) is 5.11. The number of aryl methyl sites for hydroxylation is 1. The Morgan fingerprint density at radius 3 is 2.22 bits per heavy atom. The first kappa shape index (κ1) is 16.7. The van der Waals surface area contributed by atoms with E-state index in [1.807, 2.05) is 31.2 Å². The van der Waals surface area contributed by atoms with Gasteiger partial charge in [-0.15, -0.1) is 0 Å². The number of aliphatic hydroxyl groups excluding tert-OH is 1. The van der Waals surface area contributed by atoms with Gasteiger partial charge in [-0.1, -0.05) is 43.3 Å². The van der Waals surface area contributed by atoms with Crippen molar-refractivity contribution in [1.82, 2.24) is 5.32 Å². The summed E-state index contributed by atoms with van der Waals surface area (Å²) in [5.41, 5.74) is 3.25. The van der Waals surface area contributed by atoms with Crippen molar-refractivity contribution in [2.45, 2.75) is 26.5 Å². The van der Waals surface area contributed by atoms with Crippen LogP contribution in [0.5, 0.6) is 0 Å². The minimum absolute atomic E-state index is 0.109. The highest BCUT2D eigenvalue weighted by molar-refractivity contribution is 6.39. The summed E-state index contributed by atoms with van der Waals surface area (Å²) in [5.74, 6) is -1.42. The van der Waals surface area contributed by atoms with Crippen molar-refractivity contribution < 1.29 is 14.7 Å². The molecule has 23 heavy (non-hydrogen) atoms. The molecule has 0 aliphatic carbocycles. The summed E-state index contributed by atoms with van der Waals surface area (Å²) in [6.07, 6.45) is 0.916. The highest BCUT2D eigenvalue weighted by atomic mass is 16.3. The highest BCUT2D eigenvalue weighted by Crippen LogP contribution is 2.10. The van der Waals surface area contributed by atoms with Gasteiger partial charge in [0.15, 0.2) is 0 Å². The summed E-state index contributed by atoms with van der Waals surface area (Å²) in [4.78, 5) is 23.7. The standard InChI is InChI=1S/C18H20N2O3/c1-2-13-7-9-16(10-8-13)20-18(23)17(22)19-11-14-5-3-4-6-15(14)12-21/h3-10,21H,2,11-12H2,1H3,(H,19,22)(H,20,23). The van der Waals surface area contributed by atoms with Crippen LogP contribution in [0.1, 0.15) is 23.6 Å². The van der Waals surface area contributed by atoms with E-state index in [4.69, 9.17) is 0 Å². The van der Waals surface area contributed by atoms with Gasteiger partial charge in [-0.25, -0.2) is 0 Å². The minimum atomic E-state index is -0.712. The van der Waals surface area contributed by atoms with Crippen LogP contribution in [0.4, 0.5) is 5.69 Å². The second-order valence-corrected chi connectivity index (χ2v) is 5.11. The fourth-order valence-corrected chi connectivity index (χ4v) is 2.15. The second kappa shape index (κ2) is 8.10. The van der Waals surface area contributed by atoms with Gasteiger partial charge in [0, 0.05) is 12.2 Å². The number of hydrogen-bond acceptors (Lipinski definition) is 3. The lowest BCUT2D eigenvalue weighted by atomic mass is 10.1. The zero-order valence-electron chi connectivity index (χ0n) is 13.0. The van der Waals surface area contributed by atoms with E-state index in [9.17, 15) is 14.7 Å². The first-order valence-electron chi connectivity index (χ1n) is 7.49. The first-order chi connectivity index (χ1) is 11.1. The van der Waals surface area contributed by atoms with Crippen LogP contribution in [-0.2, 0) is 29.2 Å².